The van der Waals surface area contributed by atoms with Crippen LogP contribution in [0.15, 0.2) is 54.7 Å². The monoisotopic (exact) mass is 387 g/mol. The van der Waals surface area contributed by atoms with Crippen molar-refractivity contribution in [1.29, 1.82) is 0 Å². The van der Waals surface area contributed by atoms with Gasteiger partial charge in [-0.15, -0.1) is 5.10 Å². The zero-order chi connectivity index (χ0) is 20.4. The maximum Gasteiger partial charge on any atom is 0.416 e. The molecule has 3 aromatic rings. The molecule has 0 amide bonds. The van der Waals surface area contributed by atoms with Crippen molar-refractivity contribution in [2.24, 2.45) is 0 Å². The highest BCUT2D eigenvalue weighted by atomic mass is 19.4. The van der Waals surface area contributed by atoms with E-state index >= 15 is 0 Å². The largest absolute Gasteiger partial charge is 0.416 e. The number of aromatic nitrogens is 3. The molecular formula is C20H20F3N5. The first-order valence-corrected chi connectivity index (χ1v) is 8.63. The van der Waals surface area contributed by atoms with Gasteiger partial charge < -0.3 is 10.6 Å². The van der Waals surface area contributed by atoms with Crippen LogP contribution in [0.5, 0.6) is 0 Å². The molecule has 0 atom stereocenters. The second-order valence-corrected chi connectivity index (χ2v) is 7.29. The van der Waals surface area contributed by atoms with E-state index in [1.54, 1.807) is 0 Å². The smallest absolute Gasteiger partial charge is 0.339 e. The summed E-state index contributed by atoms with van der Waals surface area (Å²) >= 11 is 0. The van der Waals surface area contributed by atoms with Crippen LogP contribution in [0.3, 0.4) is 0 Å². The lowest BCUT2D eigenvalue weighted by Crippen LogP contribution is -2.14. The summed E-state index contributed by atoms with van der Waals surface area (Å²) in [5, 5.41) is 14.0. The molecule has 0 unspecified atom stereocenters. The van der Waals surface area contributed by atoms with E-state index in [4.69, 9.17) is 0 Å². The Kier molecular flexibility index (Phi) is 5.22. The molecule has 2 aromatic carbocycles. The predicted octanol–water partition coefficient (Wildman–Crippen LogP) is 5.68. The normalized spacial score (nSPS) is 11.9. The van der Waals surface area contributed by atoms with Gasteiger partial charge in [-0.3, -0.25) is 0 Å². The summed E-state index contributed by atoms with van der Waals surface area (Å²) in [5.74, 6) is 0.652. The number of benzene rings is 2. The van der Waals surface area contributed by atoms with Gasteiger partial charge in [0.05, 0.1) is 11.8 Å². The van der Waals surface area contributed by atoms with Crippen molar-refractivity contribution in [3.63, 3.8) is 0 Å². The highest BCUT2D eigenvalue weighted by Gasteiger charge is 2.29. The van der Waals surface area contributed by atoms with Crippen molar-refractivity contribution in [3.8, 4) is 0 Å². The molecular weight excluding hydrogens is 367 g/mol. The molecule has 28 heavy (non-hydrogen) atoms. The van der Waals surface area contributed by atoms with E-state index in [0.717, 1.165) is 23.4 Å². The van der Waals surface area contributed by atoms with Crippen LogP contribution in [0.25, 0.3) is 0 Å². The summed E-state index contributed by atoms with van der Waals surface area (Å²) in [6.07, 6.45) is -2.97. The van der Waals surface area contributed by atoms with E-state index in [-0.39, 0.29) is 11.4 Å². The molecule has 0 aliphatic carbocycles. The van der Waals surface area contributed by atoms with E-state index in [1.807, 2.05) is 24.3 Å². The second kappa shape index (κ2) is 7.46. The Labute approximate surface area is 161 Å². The van der Waals surface area contributed by atoms with Gasteiger partial charge in [0.25, 0.3) is 0 Å². The standard InChI is InChI=1S/C20H20F3N5/c1-19(2,3)15-6-4-5-7-16(15)26-18-27-17(12-24-28-18)25-14-10-8-13(9-11-14)20(21,22)23/h4-12H,1-3H3,(H2,25,26,27,28). The number of anilines is 4. The topological polar surface area (TPSA) is 62.7 Å². The van der Waals surface area contributed by atoms with Crippen LogP contribution in [0.2, 0.25) is 0 Å². The molecule has 8 heteroatoms. The molecule has 1 heterocycles. The van der Waals surface area contributed by atoms with Crippen molar-refractivity contribution in [2.45, 2.75) is 32.4 Å². The fourth-order valence-corrected chi connectivity index (χ4v) is 2.67. The third kappa shape index (κ3) is 4.76. The minimum Gasteiger partial charge on any atom is -0.339 e. The van der Waals surface area contributed by atoms with Gasteiger partial charge in [0.2, 0.25) is 5.95 Å². The van der Waals surface area contributed by atoms with E-state index in [2.05, 4.69) is 46.6 Å². The van der Waals surface area contributed by atoms with E-state index in [1.165, 1.54) is 18.3 Å². The minimum atomic E-state index is -4.37. The van der Waals surface area contributed by atoms with Gasteiger partial charge in [0.1, 0.15) is 0 Å². The molecule has 3 rings (SSSR count). The Bertz CT molecular complexity index is 947. The summed E-state index contributed by atoms with van der Waals surface area (Å²) in [4.78, 5) is 4.34. The molecule has 2 N–H and O–H groups in total. The lowest BCUT2D eigenvalue weighted by molar-refractivity contribution is -0.137. The van der Waals surface area contributed by atoms with Crippen molar-refractivity contribution >= 4 is 23.1 Å². The number of alkyl halides is 3. The van der Waals surface area contributed by atoms with Gasteiger partial charge in [-0.2, -0.15) is 23.3 Å². The lowest BCUT2D eigenvalue weighted by Gasteiger charge is -2.22. The van der Waals surface area contributed by atoms with Crippen LogP contribution < -0.4 is 10.6 Å². The fourth-order valence-electron chi connectivity index (χ4n) is 2.67. The van der Waals surface area contributed by atoms with Crippen LogP contribution >= 0.6 is 0 Å². The third-order valence-electron chi connectivity index (χ3n) is 4.03. The molecule has 0 saturated carbocycles. The van der Waals surface area contributed by atoms with Crippen LogP contribution in [0.1, 0.15) is 31.9 Å². The van der Waals surface area contributed by atoms with Crippen LogP contribution in [0.4, 0.5) is 36.3 Å². The molecule has 1 aromatic heterocycles. The van der Waals surface area contributed by atoms with E-state index < -0.39 is 11.7 Å². The molecule has 0 spiro atoms. The average molecular weight is 387 g/mol. The van der Waals surface area contributed by atoms with E-state index in [0.29, 0.717) is 11.5 Å². The van der Waals surface area contributed by atoms with Crippen LogP contribution in [0, 0.1) is 0 Å². The molecule has 0 aliphatic rings. The van der Waals surface area contributed by atoms with Gasteiger partial charge in [-0.25, -0.2) is 0 Å². The lowest BCUT2D eigenvalue weighted by atomic mass is 9.86. The molecule has 0 saturated heterocycles. The Morgan fingerprint density at radius 3 is 2.18 bits per heavy atom. The third-order valence-corrected chi connectivity index (χ3v) is 4.03. The Hall–Kier alpha value is -3.16. The number of nitrogens with one attached hydrogen (secondary N) is 2. The van der Waals surface area contributed by atoms with Crippen LogP contribution in [-0.4, -0.2) is 15.2 Å². The molecule has 0 radical (unpaired) electrons. The first kappa shape index (κ1) is 19.6. The van der Waals surface area contributed by atoms with Crippen molar-refractivity contribution in [2.75, 3.05) is 10.6 Å². The van der Waals surface area contributed by atoms with Gasteiger partial charge in [0, 0.05) is 11.4 Å². The SMILES string of the molecule is CC(C)(C)c1ccccc1Nc1nncc(Nc2ccc(C(F)(F)F)cc2)n1. The van der Waals surface area contributed by atoms with Gasteiger partial charge in [0.15, 0.2) is 5.82 Å². The van der Waals surface area contributed by atoms with Gasteiger partial charge in [-0.1, -0.05) is 39.0 Å². The summed E-state index contributed by atoms with van der Waals surface area (Å²) < 4.78 is 38.0. The summed E-state index contributed by atoms with van der Waals surface area (Å²) in [6, 6.07) is 12.5. The number of para-hydroxylation sites is 1. The van der Waals surface area contributed by atoms with Gasteiger partial charge >= 0.3 is 6.18 Å². The molecule has 146 valence electrons. The summed E-state index contributed by atoms with van der Waals surface area (Å²) in [5.41, 5.74) is 1.64. The number of rotatable bonds is 4. The van der Waals surface area contributed by atoms with E-state index in [9.17, 15) is 13.2 Å². The van der Waals surface area contributed by atoms with Gasteiger partial charge in [-0.05, 0) is 41.3 Å². The molecule has 0 bridgehead atoms. The molecule has 5 nitrogen and oxygen atoms in total. The predicted molar refractivity (Wildman–Crippen MR) is 103 cm³/mol. The number of hydrogen-bond acceptors (Lipinski definition) is 5. The number of nitrogens with zero attached hydrogens (tertiary/aromatic N) is 3. The number of hydrogen-bond donors (Lipinski definition) is 2. The zero-order valence-corrected chi connectivity index (χ0v) is 15.7. The van der Waals surface area contributed by atoms with Crippen molar-refractivity contribution in [3.05, 3.63) is 65.9 Å². The maximum absolute atomic E-state index is 12.7. The Morgan fingerprint density at radius 2 is 1.54 bits per heavy atom. The van der Waals surface area contributed by atoms with Crippen molar-refractivity contribution in [1.82, 2.24) is 15.2 Å². The maximum atomic E-state index is 12.7. The molecule has 0 aliphatic heterocycles. The quantitative estimate of drug-likeness (QED) is 0.603. The Balaban J connectivity index is 1.79. The zero-order valence-electron chi connectivity index (χ0n) is 15.7. The Morgan fingerprint density at radius 1 is 0.857 bits per heavy atom. The second-order valence-electron chi connectivity index (χ2n) is 7.29. The number of halogens is 3. The fraction of sp³-hybridized carbons (Fsp3) is 0.250. The summed E-state index contributed by atoms with van der Waals surface area (Å²) in [6.45, 7) is 6.32. The summed E-state index contributed by atoms with van der Waals surface area (Å²) in [7, 11) is 0. The van der Waals surface area contributed by atoms with Crippen LogP contribution in [-0.2, 0) is 11.6 Å². The highest BCUT2D eigenvalue weighted by molar-refractivity contribution is 5.62. The first-order chi connectivity index (χ1) is 13.1. The highest BCUT2D eigenvalue weighted by Crippen LogP contribution is 2.31. The minimum absolute atomic E-state index is 0.0763. The first-order valence-electron chi connectivity index (χ1n) is 8.63. The average Bonchev–Trinajstić information content (AvgIpc) is 2.61. The molecule has 0 fully saturated rings. The van der Waals surface area contributed by atoms with Crippen molar-refractivity contribution < 1.29 is 13.2 Å².